The molecule has 0 saturated carbocycles. The molecule has 5 heteroatoms. The SMILES string of the molecule is COc1ccc(C2CN(Cc3ncccc3C)CCN2C(C)=O)cc1. The van der Waals surface area contributed by atoms with Crippen LogP contribution in [0, 0.1) is 6.92 Å². The molecule has 0 N–H and O–H groups in total. The van der Waals surface area contributed by atoms with Gasteiger partial charge in [0.05, 0.1) is 18.8 Å². The predicted octanol–water partition coefficient (Wildman–Crippen LogP) is 2.80. The number of carbonyl (C=O) groups is 1. The van der Waals surface area contributed by atoms with Crippen LogP contribution in [0.2, 0.25) is 0 Å². The number of amides is 1. The molecule has 3 rings (SSSR count). The van der Waals surface area contributed by atoms with Gasteiger partial charge in [-0.15, -0.1) is 0 Å². The summed E-state index contributed by atoms with van der Waals surface area (Å²) < 4.78 is 5.24. The number of piperazine rings is 1. The minimum Gasteiger partial charge on any atom is -0.497 e. The van der Waals surface area contributed by atoms with Crippen molar-refractivity contribution in [1.29, 1.82) is 0 Å². The number of aromatic nitrogens is 1. The minimum atomic E-state index is 0.0566. The number of benzene rings is 1. The lowest BCUT2D eigenvalue weighted by atomic mass is 10.0. The van der Waals surface area contributed by atoms with E-state index >= 15 is 0 Å². The van der Waals surface area contributed by atoms with Crippen LogP contribution in [0.4, 0.5) is 0 Å². The summed E-state index contributed by atoms with van der Waals surface area (Å²) in [6.45, 7) is 6.96. The van der Waals surface area contributed by atoms with Gasteiger partial charge in [0.15, 0.2) is 0 Å². The van der Waals surface area contributed by atoms with Gasteiger partial charge < -0.3 is 9.64 Å². The van der Waals surface area contributed by atoms with E-state index in [1.807, 2.05) is 29.3 Å². The summed E-state index contributed by atoms with van der Waals surface area (Å²) in [6.07, 6.45) is 1.84. The maximum Gasteiger partial charge on any atom is 0.220 e. The van der Waals surface area contributed by atoms with Gasteiger partial charge in [-0.1, -0.05) is 18.2 Å². The number of nitrogens with zero attached hydrogens (tertiary/aromatic N) is 3. The topological polar surface area (TPSA) is 45.7 Å². The van der Waals surface area contributed by atoms with Crippen LogP contribution >= 0.6 is 0 Å². The van der Waals surface area contributed by atoms with E-state index in [-0.39, 0.29) is 11.9 Å². The molecule has 2 aromatic rings. The first kappa shape index (κ1) is 17.4. The third-order valence-electron chi connectivity index (χ3n) is 4.86. The average molecular weight is 339 g/mol. The van der Waals surface area contributed by atoms with Gasteiger partial charge in [-0.05, 0) is 36.2 Å². The molecule has 1 aromatic heterocycles. The Bertz CT molecular complexity index is 730. The molecule has 1 atom stereocenters. The molecule has 2 heterocycles. The van der Waals surface area contributed by atoms with Gasteiger partial charge in [0, 0.05) is 39.3 Å². The molecular weight excluding hydrogens is 314 g/mol. The van der Waals surface area contributed by atoms with Crippen LogP contribution in [0.25, 0.3) is 0 Å². The maximum absolute atomic E-state index is 12.1. The summed E-state index contributed by atoms with van der Waals surface area (Å²) in [5.74, 6) is 0.949. The second-order valence-electron chi connectivity index (χ2n) is 6.50. The van der Waals surface area contributed by atoms with Gasteiger partial charge in [0.25, 0.3) is 0 Å². The van der Waals surface area contributed by atoms with Gasteiger partial charge in [-0.3, -0.25) is 14.7 Å². The quantitative estimate of drug-likeness (QED) is 0.859. The fourth-order valence-electron chi connectivity index (χ4n) is 3.37. The molecule has 132 valence electrons. The Morgan fingerprint density at radius 1 is 1.24 bits per heavy atom. The third-order valence-corrected chi connectivity index (χ3v) is 4.86. The van der Waals surface area contributed by atoms with Gasteiger partial charge in [0.2, 0.25) is 5.91 Å². The highest BCUT2D eigenvalue weighted by Crippen LogP contribution is 2.28. The van der Waals surface area contributed by atoms with Crippen LogP contribution in [0.1, 0.15) is 29.8 Å². The summed E-state index contributed by atoms with van der Waals surface area (Å²) in [6, 6.07) is 12.1. The molecule has 1 fully saturated rings. The second-order valence-corrected chi connectivity index (χ2v) is 6.50. The van der Waals surface area contributed by atoms with Crippen LogP contribution in [-0.2, 0) is 11.3 Å². The highest BCUT2D eigenvalue weighted by molar-refractivity contribution is 5.74. The monoisotopic (exact) mass is 339 g/mol. The van der Waals surface area contributed by atoms with E-state index in [1.54, 1.807) is 14.0 Å². The van der Waals surface area contributed by atoms with Crippen molar-refractivity contribution < 1.29 is 9.53 Å². The smallest absolute Gasteiger partial charge is 0.220 e. The number of hydrogen-bond acceptors (Lipinski definition) is 4. The summed E-state index contributed by atoms with van der Waals surface area (Å²) >= 11 is 0. The molecule has 1 amide bonds. The van der Waals surface area contributed by atoms with Crippen LogP contribution < -0.4 is 4.74 Å². The van der Waals surface area contributed by atoms with Crippen LogP contribution in [0.3, 0.4) is 0 Å². The average Bonchev–Trinajstić information content (AvgIpc) is 2.63. The number of ether oxygens (including phenoxy) is 1. The van der Waals surface area contributed by atoms with Crippen molar-refractivity contribution >= 4 is 5.91 Å². The molecule has 0 radical (unpaired) electrons. The molecule has 1 saturated heterocycles. The molecule has 5 nitrogen and oxygen atoms in total. The van der Waals surface area contributed by atoms with Crippen molar-refractivity contribution in [1.82, 2.24) is 14.8 Å². The second kappa shape index (κ2) is 7.66. The number of pyridine rings is 1. The third kappa shape index (κ3) is 3.99. The Hall–Kier alpha value is -2.40. The predicted molar refractivity (Wildman–Crippen MR) is 97.4 cm³/mol. The lowest BCUT2D eigenvalue weighted by Crippen LogP contribution is -2.49. The first-order valence-corrected chi connectivity index (χ1v) is 8.62. The zero-order valence-electron chi connectivity index (χ0n) is 15.1. The zero-order chi connectivity index (χ0) is 17.8. The van der Waals surface area contributed by atoms with Crippen molar-refractivity contribution in [3.05, 3.63) is 59.4 Å². The molecule has 1 aliphatic rings. The van der Waals surface area contributed by atoms with Gasteiger partial charge >= 0.3 is 0 Å². The Morgan fingerprint density at radius 2 is 2.00 bits per heavy atom. The van der Waals surface area contributed by atoms with E-state index < -0.39 is 0 Å². The summed E-state index contributed by atoms with van der Waals surface area (Å²) in [5, 5.41) is 0. The highest BCUT2D eigenvalue weighted by atomic mass is 16.5. The van der Waals surface area contributed by atoms with Gasteiger partial charge in [-0.2, -0.15) is 0 Å². The van der Waals surface area contributed by atoms with Crippen molar-refractivity contribution in [3.63, 3.8) is 0 Å². The number of hydrogen-bond donors (Lipinski definition) is 0. The standard InChI is InChI=1S/C20H25N3O2/c1-15-5-4-10-21-19(15)13-22-11-12-23(16(2)24)20(14-22)17-6-8-18(25-3)9-7-17/h4-10,20H,11-14H2,1-3H3. The molecule has 1 aromatic carbocycles. The molecule has 0 bridgehead atoms. The normalized spacial score (nSPS) is 18.2. The lowest BCUT2D eigenvalue weighted by molar-refractivity contribution is -0.134. The first-order valence-electron chi connectivity index (χ1n) is 8.62. The first-order chi connectivity index (χ1) is 12.1. The Kier molecular flexibility index (Phi) is 5.34. The number of methoxy groups -OCH3 is 1. The Labute approximate surface area is 149 Å². The van der Waals surface area contributed by atoms with E-state index in [0.29, 0.717) is 0 Å². The van der Waals surface area contributed by atoms with Crippen LogP contribution in [0.15, 0.2) is 42.6 Å². The zero-order valence-corrected chi connectivity index (χ0v) is 15.1. The molecule has 25 heavy (non-hydrogen) atoms. The highest BCUT2D eigenvalue weighted by Gasteiger charge is 2.30. The number of carbonyl (C=O) groups excluding carboxylic acids is 1. The molecule has 1 aliphatic heterocycles. The Balaban J connectivity index is 1.79. The van der Waals surface area contributed by atoms with E-state index in [4.69, 9.17) is 4.74 Å². The Morgan fingerprint density at radius 3 is 2.64 bits per heavy atom. The number of aryl methyl sites for hydroxylation is 1. The summed E-state index contributed by atoms with van der Waals surface area (Å²) in [7, 11) is 1.66. The summed E-state index contributed by atoms with van der Waals surface area (Å²) in [5.41, 5.74) is 3.45. The molecule has 1 unspecified atom stereocenters. The van der Waals surface area contributed by atoms with Crippen molar-refractivity contribution in [2.24, 2.45) is 0 Å². The van der Waals surface area contributed by atoms with Gasteiger partial charge in [-0.25, -0.2) is 0 Å². The van der Waals surface area contributed by atoms with Crippen LogP contribution in [-0.4, -0.2) is 47.4 Å². The maximum atomic E-state index is 12.1. The fourth-order valence-corrected chi connectivity index (χ4v) is 3.37. The number of rotatable bonds is 4. The lowest BCUT2D eigenvalue weighted by Gasteiger charge is -2.41. The van der Waals surface area contributed by atoms with Crippen molar-refractivity contribution in [2.75, 3.05) is 26.7 Å². The molecule has 0 aliphatic carbocycles. The summed E-state index contributed by atoms with van der Waals surface area (Å²) in [4.78, 5) is 20.9. The van der Waals surface area contributed by atoms with E-state index in [9.17, 15) is 4.79 Å². The molecule has 0 spiro atoms. The van der Waals surface area contributed by atoms with Crippen molar-refractivity contribution in [2.45, 2.75) is 26.4 Å². The van der Waals surface area contributed by atoms with Crippen LogP contribution in [0.5, 0.6) is 5.75 Å². The van der Waals surface area contributed by atoms with Crippen molar-refractivity contribution in [3.8, 4) is 5.75 Å². The van der Waals surface area contributed by atoms with E-state index in [0.717, 1.165) is 43.2 Å². The van der Waals surface area contributed by atoms with Gasteiger partial charge in [0.1, 0.15) is 5.75 Å². The largest absolute Gasteiger partial charge is 0.497 e. The molecular formula is C20H25N3O2. The van der Waals surface area contributed by atoms with E-state index in [2.05, 4.69) is 35.0 Å². The minimum absolute atomic E-state index is 0.0566. The fraction of sp³-hybridized carbons (Fsp3) is 0.400. The van der Waals surface area contributed by atoms with E-state index in [1.165, 1.54) is 5.56 Å².